The highest BCUT2D eigenvalue weighted by Crippen LogP contribution is 2.32. The van der Waals surface area contributed by atoms with Crippen molar-refractivity contribution in [3.63, 3.8) is 0 Å². The van der Waals surface area contributed by atoms with E-state index >= 15 is 0 Å². The quantitative estimate of drug-likeness (QED) is 0.286. The van der Waals surface area contributed by atoms with Gasteiger partial charge in [-0.2, -0.15) is 0 Å². The van der Waals surface area contributed by atoms with Crippen LogP contribution in [0.25, 0.3) is 0 Å². The number of nitrogens with two attached hydrogens (primary N) is 1. The summed E-state index contributed by atoms with van der Waals surface area (Å²) in [6.45, 7) is 0.0727. The summed E-state index contributed by atoms with van der Waals surface area (Å²) in [5.74, 6) is 0.155. The second kappa shape index (κ2) is 12.5. The molecule has 9 nitrogen and oxygen atoms in total. The van der Waals surface area contributed by atoms with Gasteiger partial charge < -0.3 is 20.4 Å². The molecule has 1 heterocycles. The number of nitrogens with zero attached hydrogens (tertiary/aromatic N) is 5. The Morgan fingerprint density at radius 1 is 1.06 bits per heavy atom. The molecular weight excluding hydrogens is 464 g/mol. The zero-order valence-electron chi connectivity index (χ0n) is 20.6. The van der Waals surface area contributed by atoms with Crippen LogP contribution >= 0.6 is 11.8 Å². The first-order valence-electron chi connectivity index (χ1n) is 11.8. The van der Waals surface area contributed by atoms with Crippen LogP contribution in [0, 0.1) is 0 Å². The van der Waals surface area contributed by atoms with Crippen LogP contribution in [0.2, 0.25) is 0 Å². The van der Waals surface area contributed by atoms with E-state index in [9.17, 15) is 14.4 Å². The summed E-state index contributed by atoms with van der Waals surface area (Å²) in [6, 6.07) is 9.54. The van der Waals surface area contributed by atoms with Crippen molar-refractivity contribution in [2.75, 3.05) is 43.2 Å². The van der Waals surface area contributed by atoms with Crippen molar-refractivity contribution in [2.24, 2.45) is 5.73 Å². The van der Waals surface area contributed by atoms with E-state index in [4.69, 9.17) is 10.7 Å². The molecule has 0 radical (unpaired) electrons. The van der Waals surface area contributed by atoms with Crippen molar-refractivity contribution in [1.82, 2.24) is 14.9 Å². The third kappa shape index (κ3) is 6.94. The normalized spacial score (nSPS) is 13.8. The Morgan fingerprint density at radius 2 is 1.71 bits per heavy atom. The van der Waals surface area contributed by atoms with Gasteiger partial charge in [-0.1, -0.05) is 61.4 Å². The SMILES string of the molecule is CSc1nc(N(C)C)c(C=O)c(N(CC(=O)N(CC(N)=O)Cc2ccccc2)C2CCCCC2)n1. The summed E-state index contributed by atoms with van der Waals surface area (Å²) >= 11 is 1.39. The van der Waals surface area contributed by atoms with Crippen LogP contribution in [0.15, 0.2) is 35.5 Å². The van der Waals surface area contributed by atoms with Crippen LogP contribution in [0.4, 0.5) is 11.6 Å². The molecule has 0 bridgehead atoms. The number of thioether (sulfide) groups is 1. The smallest absolute Gasteiger partial charge is 0.242 e. The number of carbonyl (C=O) groups is 3. The Labute approximate surface area is 211 Å². The summed E-state index contributed by atoms with van der Waals surface area (Å²) < 4.78 is 0. The molecule has 0 saturated heterocycles. The number of carbonyl (C=O) groups excluding carboxylic acids is 3. The number of aldehydes is 1. The second-order valence-electron chi connectivity index (χ2n) is 8.90. The van der Waals surface area contributed by atoms with Crippen LogP contribution in [0.1, 0.15) is 48.0 Å². The van der Waals surface area contributed by atoms with Crippen molar-refractivity contribution >= 4 is 41.5 Å². The largest absolute Gasteiger partial charge is 0.368 e. The van der Waals surface area contributed by atoms with Gasteiger partial charge in [-0.05, 0) is 24.7 Å². The highest BCUT2D eigenvalue weighted by atomic mass is 32.2. The summed E-state index contributed by atoms with van der Waals surface area (Å²) in [7, 11) is 3.65. The maximum Gasteiger partial charge on any atom is 0.242 e. The molecule has 1 aromatic heterocycles. The number of primary amides is 1. The molecule has 10 heteroatoms. The minimum Gasteiger partial charge on any atom is -0.368 e. The van der Waals surface area contributed by atoms with Gasteiger partial charge in [-0.3, -0.25) is 14.4 Å². The lowest BCUT2D eigenvalue weighted by molar-refractivity contribution is -0.134. The van der Waals surface area contributed by atoms with Crippen LogP contribution in [0.3, 0.4) is 0 Å². The maximum atomic E-state index is 13.6. The Kier molecular flexibility index (Phi) is 9.47. The molecule has 2 amide bonds. The number of hydrogen-bond donors (Lipinski definition) is 1. The maximum absolute atomic E-state index is 13.6. The Balaban J connectivity index is 2.01. The number of benzene rings is 1. The molecule has 1 saturated carbocycles. The van der Waals surface area contributed by atoms with E-state index in [1.54, 1.807) is 4.90 Å². The predicted molar refractivity (Wildman–Crippen MR) is 139 cm³/mol. The Bertz CT molecular complexity index is 1030. The van der Waals surface area contributed by atoms with Gasteiger partial charge >= 0.3 is 0 Å². The van der Waals surface area contributed by atoms with Gasteiger partial charge in [0.25, 0.3) is 0 Å². The molecule has 2 N–H and O–H groups in total. The van der Waals surface area contributed by atoms with Gasteiger partial charge in [0.15, 0.2) is 11.4 Å². The average Bonchev–Trinajstić information content (AvgIpc) is 2.86. The predicted octanol–water partition coefficient (Wildman–Crippen LogP) is 2.73. The van der Waals surface area contributed by atoms with E-state index in [0.717, 1.165) is 44.0 Å². The minimum absolute atomic E-state index is 0.0106. The van der Waals surface area contributed by atoms with Gasteiger partial charge in [-0.25, -0.2) is 9.97 Å². The van der Waals surface area contributed by atoms with Crippen molar-refractivity contribution in [1.29, 1.82) is 0 Å². The van der Waals surface area contributed by atoms with Gasteiger partial charge in [0.2, 0.25) is 11.8 Å². The molecule has 0 aliphatic heterocycles. The number of amides is 2. The van der Waals surface area contributed by atoms with E-state index in [0.29, 0.717) is 22.4 Å². The second-order valence-corrected chi connectivity index (χ2v) is 9.68. The average molecular weight is 499 g/mol. The molecule has 188 valence electrons. The molecule has 1 aliphatic carbocycles. The van der Waals surface area contributed by atoms with Crippen LogP contribution in [0.5, 0.6) is 0 Å². The van der Waals surface area contributed by atoms with E-state index in [1.807, 2.05) is 55.6 Å². The summed E-state index contributed by atoms with van der Waals surface area (Å²) in [5, 5.41) is 0.529. The van der Waals surface area contributed by atoms with Crippen LogP contribution < -0.4 is 15.5 Å². The topological polar surface area (TPSA) is 113 Å². The van der Waals surface area contributed by atoms with E-state index in [-0.39, 0.29) is 31.6 Å². The molecule has 0 unspecified atom stereocenters. The van der Waals surface area contributed by atoms with Gasteiger partial charge in [-0.15, -0.1) is 0 Å². The minimum atomic E-state index is -0.575. The first-order chi connectivity index (χ1) is 16.8. The molecule has 0 spiro atoms. The molecule has 0 atom stereocenters. The number of aromatic nitrogens is 2. The lowest BCUT2D eigenvalue weighted by Gasteiger charge is -2.37. The fraction of sp³-hybridized carbons (Fsp3) is 0.480. The zero-order valence-corrected chi connectivity index (χ0v) is 21.5. The van der Waals surface area contributed by atoms with E-state index in [2.05, 4.69) is 4.98 Å². The van der Waals surface area contributed by atoms with Crippen LogP contribution in [-0.4, -0.2) is 72.5 Å². The van der Waals surface area contributed by atoms with Crippen molar-refractivity contribution in [2.45, 2.75) is 49.8 Å². The fourth-order valence-corrected chi connectivity index (χ4v) is 4.78. The standard InChI is InChI=1S/C25H34N6O3S/c1-29(2)23-20(17-32)24(28-25(27-23)35-3)31(19-12-8-5-9-13-19)16-22(34)30(15-21(26)33)14-18-10-6-4-7-11-18/h4,6-7,10-11,17,19H,5,8-9,12-16H2,1-3H3,(H2,26,33). The highest BCUT2D eigenvalue weighted by Gasteiger charge is 2.30. The number of anilines is 2. The van der Waals surface area contributed by atoms with Crippen molar-refractivity contribution in [3.05, 3.63) is 41.5 Å². The molecular formula is C25H34N6O3S. The molecule has 2 aromatic rings. The van der Waals surface area contributed by atoms with Crippen molar-refractivity contribution < 1.29 is 14.4 Å². The molecule has 3 rings (SSSR count). The first-order valence-corrected chi connectivity index (χ1v) is 13.0. The fourth-order valence-electron chi connectivity index (χ4n) is 4.42. The first kappa shape index (κ1) is 26.5. The van der Waals surface area contributed by atoms with Gasteiger partial charge in [0, 0.05) is 26.7 Å². The highest BCUT2D eigenvalue weighted by molar-refractivity contribution is 7.98. The number of rotatable bonds is 11. The molecule has 35 heavy (non-hydrogen) atoms. The van der Waals surface area contributed by atoms with Gasteiger partial charge in [0.1, 0.15) is 11.6 Å². The summed E-state index contributed by atoms with van der Waals surface area (Å²) in [6.07, 6.45) is 7.67. The third-order valence-corrected chi connectivity index (χ3v) is 6.67. The molecule has 1 aliphatic rings. The third-order valence-electron chi connectivity index (χ3n) is 6.12. The molecule has 1 aromatic carbocycles. The Hall–Kier alpha value is -3.14. The number of hydrogen-bond acceptors (Lipinski definition) is 8. The molecule has 1 fully saturated rings. The monoisotopic (exact) mass is 498 g/mol. The lowest BCUT2D eigenvalue weighted by atomic mass is 9.94. The van der Waals surface area contributed by atoms with Crippen molar-refractivity contribution in [3.8, 4) is 0 Å². The summed E-state index contributed by atoms with van der Waals surface area (Å²) in [4.78, 5) is 52.1. The summed E-state index contributed by atoms with van der Waals surface area (Å²) in [5.41, 5.74) is 6.75. The van der Waals surface area contributed by atoms with Gasteiger partial charge in [0.05, 0.1) is 18.7 Å². The zero-order chi connectivity index (χ0) is 25.4. The van der Waals surface area contributed by atoms with E-state index < -0.39 is 5.91 Å². The lowest BCUT2D eigenvalue weighted by Crippen LogP contribution is -2.48. The Morgan fingerprint density at radius 3 is 2.29 bits per heavy atom. The van der Waals surface area contributed by atoms with Crippen LogP contribution in [-0.2, 0) is 16.1 Å². The van der Waals surface area contributed by atoms with E-state index in [1.165, 1.54) is 16.7 Å².